The molecule has 0 bridgehead atoms. The highest BCUT2D eigenvalue weighted by Gasteiger charge is 2.28. The lowest BCUT2D eigenvalue weighted by atomic mass is 9.93. The first-order chi connectivity index (χ1) is 11.7. The van der Waals surface area contributed by atoms with E-state index < -0.39 is 0 Å². The Hall–Kier alpha value is -2.21. The van der Waals surface area contributed by atoms with Crippen LogP contribution in [0.15, 0.2) is 45.9 Å². The summed E-state index contributed by atoms with van der Waals surface area (Å²) in [5, 5.41) is 3.06. The third-order valence-electron chi connectivity index (χ3n) is 4.50. The van der Waals surface area contributed by atoms with Crippen molar-refractivity contribution in [3.63, 3.8) is 0 Å². The first-order valence-corrected chi connectivity index (χ1v) is 9.09. The first-order valence-electron chi connectivity index (χ1n) is 8.10. The molecule has 1 N–H and O–H groups in total. The topological polar surface area (TPSA) is 62.6 Å². The minimum Gasteiger partial charge on any atom is -0.469 e. The van der Waals surface area contributed by atoms with Crippen molar-refractivity contribution in [3.05, 3.63) is 47.9 Å². The van der Waals surface area contributed by atoms with Crippen LogP contribution in [0.5, 0.6) is 0 Å². The zero-order valence-electron chi connectivity index (χ0n) is 13.2. The van der Waals surface area contributed by atoms with E-state index in [4.69, 9.17) is 4.42 Å². The number of benzene rings is 1. The highest BCUT2D eigenvalue weighted by atomic mass is 32.2. The SMILES string of the molecule is O=C(CN1C(=O)CSc2ccccc21)NC1CCCc2occc21. The maximum Gasteiger partial charge on any atom is 0.240 e. The van der Waals surface area contributed by atoms with Crippen LogP contribution in [0.1, 0.15) is 30.2 Å². The number of nitrogens with zero attached hydrogens (tertiary/aromatic N) is 1. The summed E-state index contributed by atoms with van der Waals surface area (Å²) in [5.41, 5.74) is 1.89. The Bertz CT molecular complexity index is 786. The number of carbonyl (C=O) groups excluding carboxylic acids is 2. The van der Waals surface area contributed by atoms with Gasteiger partial charge in [0.2, 0.25) is 11.8 Å². The molecule has 2 amide bonds. The largest absolute Gasteiger partial charge is 0.469 e. The third kappa shape index (κ3) is 2.82. The molecule has 1 aliphatic heterocycles. The lowest BCUT2D eigenvalue weighted by Gasteiger charge is -2.29. The van der Waals surface area contributed by atoms with Gasteiger partial charge in [-0.05, 0) is 31.0 Å². The molecular weight excluding hydrogens is 324 g/mol. The number of nitrogens with one attached hydrogen (secondary N) is 1. The predicted molar refractivity (Wildman–Crippen MR) is 92.0 cm³/mol. The third-order valence-corrected chi connectivity index (χ3v) is 5.54. The van der Waals surface area contributed by atoms with Crippen LogP contribution in [-0.4, -0.2) is 24.1 Å². The molecule has 1 aromatic carbocycles. The van der Waals surface area contributed by atoms with Gasteiger partial charge in [0.15, 0.2) is 0 Å². The number of rotatable bonds is 3. The molecule has 0 spiro atoms. The molecule has 1 atom stereocenters. The van der Waals surface area contributed by atoms with Crippen molar-refractivity contribution >= 4 is 29.3 Å². The molecule has 1 unspecified atom stereocenters. The summed E-state index contributed by atoms with van der Waals surface area (Å²) in [6, 6.07) is 9.61. The number of thioether (sulfide) groups is 1. The lowest BCUT2D eigenvalue weighted by molar-refractivity contribution is -0.123. The van der Waals surface area contributed by atoms with Gasteiger partial charge < -0.3 is 14.6 Å². The molecule has 2 aliphatic rings. The second kappa shape index (κ2) is 6.36. The minimum atomic E-state index is -0.135. The molecule has 0 saturated heterocycles. The van der Waals surface area contributed by atoms with Gasteiger partial charge >= 0.3 is 0 Å². The Morgan fingerprint density at radius 1 is 1.33 bits per heavy atom. The fourth-order valence-electron chi connectivity index (χ4n) is 3.35. The average Bonchev–Trinajstić information content (AvgIpc) is 3.07. The van der Waals surface area contributed by atoms with E-state index in [1.54, 1.807) is 11.2 Å². The van der Waals surface area contributed by atoms with Crippen molar-refractivity contribution in [1.82, 2.24) is 5.32 Å². The van der Waals surface area contributed by atoms with Crippen molar-refractivity contribution in [2.24, 2.45) is 0 Å². The standard InChI is InChI=1S/C18H18N2O3S/c21-17(19-13-4-3-6-15-12(13)8-9-23-15)10-20-14-5-1-2-7-16(14)24-11-18(20)22/h1-2,5,7-9,13H,3-4,6,10-11H2,(H,19,21). The van der Waals surface area contributed by atoms with Crippen molar-refractivity contribution < 1.29 is 14.0 Å². The van der Waals surface area contributed by atoms with Gasteiger partial charge in [0, 0.05) is 16.9 Å². The van der Waals surface area contributed by atoms with Crippen molar-refractivity contribution in [3.8, 4) is 0 Å². The van der Waals surface area contributed by atoms with Crippen LogP contribution in [0.3, 0.4) is 0 Å². The van der Waals surface area contributed by atoms with Gasteiger partial charge in [-0.15, -0.1) is 11.8 Å². The zero-order chi connectivity index (χ0) is 16.5. The molecule has 124 valence electrons. The van der Waals surface area contributed by atoms with Crippen molar-refractivity contribution in [2.75, 3.05) is 17.2 Å². The lowest BCUT2D eigenvalue weighted by Crippen LogP contribution is -2.44. The highest BCUT2D eigenvalue weighted by Crippen LogP contribution is 2.35. The molecule has 0 fully saturated rings. The zero-order valence-corrected chi connectivity index (χ0v) is 14.0. The summed E-state index contributed by atoms with van der Waals surface area (Å²) in [4.78, 5) is 27.4. The van der Waals surface area contributed by atoms with Gasteiger partial charge in [-0.2, -0.15) is 0 Å². The number of para-hydroxylation sites is 1. The molecular formula is C18H18N2O3S. The fourth-order valence-corrected chi connectivity index (χ4v) is 4.28. The molecule has 0 radical (unpaired) electrons. The molecule has 4 rings (SSSR count). The molecule has 2 aromatic rings. The summed E-state index contributed by atoms with van der Waals surface area (Å²) in [5.74, 6) is 1.17. The van der Waals surface area contributed by atoms with Crippen LogP contribution in [0.25, 0.3) is 0 Å². The normalized spacial score (nSPS) is 19.6. The summed E-state index contributed by atoms with van der Waals surface area (Å²) < 4.78 is 5.46. The first kappa shape index (κ1) is 15.3. The number of aryl methyl sites for hydroxylation is 1. The number of furan rings is 1. The number of anilines is 1. The Morgan fingerprint density at radius 3 is 3.12 bits per heavy atom. The van der Waals surface area contributed by atoms with Crippen LogP contribution >= 0.6 is 11.8 Å². The average molecular weight is 342 g/mol. The van der Waals surface area contributed by atoms with Crippen LogP contribution in [0.4, 0.5) is 5.69 Å². The molecule has 6 heteroatoms. The highest BCUT2D eigenvalue weighted by molar-refractivity contribution is 8.00. The molecule has 0 saturated carbocycles. The summed E-state index contributed by atoms with van der Waals surface area (Å²) in [6.07, 6.45) is 4.49. The fraction of sp³-hybridized carbons (Fsp3) is 0.333. The smallest absolute Gasteiger partial charge is 0.240 e. The Labute approximate surface area is 144 Å². The van der Waals surface area contributed by atoms with Crippen molar-refractivity contribution in [2.45, 2.75) is 30.2 Å². The minimum absolute atomic E-state index is 0.0236. The maximum atomic E-state index is 12.5. The second-order valence-electron chi connectivity index (χ2n) is 6.05. The molecule has 2 heterocycles. The van der Waals surface area contributed by atoms with E-state index in [2.05, 4.69) is 5.32 Å². The van der Waals surface area contributed by atoms with E-state index in [0.29, 0.717) is 5.75 Å². The van der Waals surface area contributed by atoms with E-state index in [1.807, 2.05) is 30.3 Å². The Balaban J connectivity index is 1.48. The molecule has 24 heavy (non-hydrogen) atoms. The number of hydrogen-bond acceptors (Lipinski definition) is 4. The number of carbonyl (C=O) groups is 2. The second-order valence-corrected chi connectivity index (χ2v) is 7.06. The van der Waals surface area contributed by atoms with E-state index in [1.165, 1.54) is 11.8 Å². The Morgan fingerprint density at radius 2 is 2.21 bits per heavy atom. The summed E-state index contributed by atoms with van der Waals surface area (Å²) >= 11 is 1.52. The molecule has 1 aromatic heterocycles. The van der Waals surface area contributed by atoms with E-state index in [9.17, 15) is 9.59 Å². The summed E-state index contributed by atoms with van der Waals surface area (Å²) in [7, 11) is 0. The molecule has 1 aliphatic carbocycles. The van der Waals surface area contributed by atoms with Crippen molar-refractivity contribution in [1.29, 1.82) is 0 Å². The molecule has 5 nitrogen and oxygen atoms in total. The van der Waals surface area contributed by atoms with Gasteiger partial charge in [-0.3, -0.25) is 9.59 Å². The predicted octanol–water partition coefficient (Wildman–Crippen LogP) is 2.91. The quantitative estimate of drug-likeness (QED) is 0.932. The monoisotopic (exact) mass is 342 g/mol. The number of fused-ring (bicyclic) bond motifs is 2. The Kier molecular flexibility index (Phi) is 4.06. The van der Waals surface area contributed by atoms with Gasteiger partial charge in [-0.1, -0.05) is 12.1 Å². The number of amides is 2. The van der Waals surface area contributed by atoms with Gasteiger partial charge in [-0.25, -0.2) is 0 Å². The van der Waals surface area contributed by atoms with Gasteiger partial charge in [0.1, 0.15) is 12.3 Å². The van der Waals surface area contributed by atoms with Crippen LogP contribution < -0.4 is 10.2 Å². The van der Waals surface area contributed by atoms with Crippen LogP contribution in [0.2, 0.25) is 0 Å². The van der Waals surface area contributed by atoms with Gasteiger partial charge in [0.05, 0.1) is 23.7 Å². The van der Waals surface area contributed by atoms with E-state index in [0.717, 1.165) is 41.2 Å². The van der Waals surface area contributed by atoms with E-state index in [-0.39, 0.29) is 24.4 Å². The van der Waals surface area contributed by atoms with E-state index >= 15 is 0 Å². The maximum absolute atomic E-state index is 12.5. The summed E-state index contributed by atoms with van der Waals surface area (Å²) in [6.45, 7) is 0.0556. The van der Waals surface area contributed by atoms with Crippen LogP contribution in [-0.2, 0) is 16.0 Å². The van der Waals surface area contributed by atoms with Gasteiger partial charge in [0.25, 0.3) is 0 Å². The number of hydrogen-bond donors (Lipinski definition) is 1. The van der Waals surface area contributed by atoms with Crippen LogP contribution in [0, 0.1) is 0 Å².